The molecule has 4 rings (SSSR count). The minimum atomic E-state index is 0.0650. The fraction of sp³-hybridized carbons (Fsp3) is 0.227. The van der Waals surface area contributed by atoms with Crippen molar-refractivity contribution >= 4 is 28.9 Å². The van der Waals surface area contributed by atoms with E-state index in [1.165, 1.54) is 0 Å². The number of ether oxygens (including phenoxy) is 2. The third-order valence-electron chi connectivity index (χ3n) is 4.76. The highest BCUT2D eigenvalue weighted by Crippen LogP contribution is 2.30. The number of nitrogens with zero attached hydrogens (tertiary/aromatic N) is 2. The normalized spacial score (nSPS) is 12.8. The summed E-state index contributed by atoms with van der Waals surface area (Å²) < 4.78 is 10.5. The molecule has 0 amide bonds. The number of hydrogen-bond acceptors (Lipinski definition) is 7. The Bertz CT molecular complexity index is 1030. The van der Waals surface area contributed by atoms with E-state index < -0.39 is 0 Å². The van der Waals surface area contributed by atoms with Crippen LogP contribution in [0.15, 0.2) is 48.5 Å². The number of hydrogen-bond donors (Lipinski definition) is 2. The molecule has 3 aromatic rings. The van der Waals surface area contributed by atoms with Crippen molar-refractivity contribution in [3.05, 3.63) is 59.8 Å². The molecule has 2 N–H and O–H groups in total. The van der Waals surface area contributed by atoms with Crippen LogP contribution in [0.5, 0.6) is 11.5 Å². The van der Waals surface area contributed by atoms with E-state index in [9.17, 15) is 4.79 Å². The Morgan fingerprint density at radius 3 is 2.41 bits per heavy atom. The molecule has 148 valence electrons. The zero-order valence-corrected chi connectivity index (χ0v) is 16.4. The number of nitrogens with one attached hydrogen (secondary N) is 2. The summed E-state index contributed by atoms with van der Waals surface area (Å²) in [7, 11) is 3.25. The number of carbonyl (C=O) groups is 1. The van der Waals surface area contributed by atoms with Crippen LogP contribution in [0.2, 0.25) is 0 Å². The Hall–Kier alpha value is -3.61. The molecule has 1 aromatic heterocycles. The monoisotopic (exact) mass is 390 g/mol. The number of rotatable bonds is 6. The quantitative estimate of drug-likeness (QED) is 0.641. The van der Waals surface area contributed by atoms with Gasteiger partial charge in [-0.25, -0.2) is 4.98 Å². The molecule has 2 aromatic carbocycles. The smallest absolute Gasteiger partial charge is 0.229 e. The number of carbonyl (C=O) groups excluding carboxylic acids is 1. The number of methoxy groups -OCH3 is 2. The van der Waals surface area contributed by atoms with E-state index in [1.54, 1.807) is 14.2 Å². The Labute approximate surface area is 169 Å². The van der Waals surface area contributed by atoms with E-state index in [4.69, 9.17) is 9.47 Å². The molecular weight excluding hydrogens is 368 g/mol. The van der Waals surface area contributed by atoms with E-state index in [1.807, 2.05) is 48.5 Å². The minimum absolute atomic E-state index is 0.0650. The molecule has 0 bridgehead atoms. The summed E-state index contributed by atoms with van der Waals surface area (Å²) in [6.07, 6.45) is 2.05. The standard InChI is InChI=1S/C22H22N4O3/c1-28-16-11-9-14(10-12-16)23-21-20-18(7-4-8-19(20)27)25-22(26-21)24-15-5-3-6-17(13-15)29-2/h3,5-6,9-13H,4,7-8H2,1-2H3,(H2,23,24,25,26). The molecular formula is C22H22N4O3. The van der Waals surface area contributed by atoms with Gasteiger partial charge in [-0.1, -0.05) is 6.07 Å². The third-order valence-corrected chi connectivity index (χ3v) is 4.76. The van der Waals surface area contributed by atoms with Crippen LogP contribution in [0.3, 0.4) is 0 Å². The summed E-state index contributed by atoms with van der Waals surface area (Å²) in [5, 5.41) is 6.48. The molecule has 0 unspecified atom stereocenters. The first-order valence-corrected chi connectivity index (χ1v) is 9.42. The molecule has 7 heteroatoms. The lowest BCUT2D eigenvalue weighted by Crippen LogP contribution is -2.17. The summed E-state index contributed by atoms with van der Waals surface area (Å²) >= 11 is 0. The molecule has 0 radical (unpaired) electrons. The van der Waals surface area contributed by atoms with Gasteiger partial charge in [-0.15, -0.1) is 0 Å². The van der Waals surface area contributed by atoms with Gasteiger partial charge in [0, 0.05) is 23.9 Å². The summed E-state index contributed by atoms with van der Waals surface area (Å²) in [5.74, 6) is 2.50. The van der Waals surface area contributed by atoms with Crippen LogP contribution in [0, 0.1) is 0 Å². The number of aryl methyl sites for hydroxylation is 1. The minimum Gasteiger partial charge on any atom is -0.497 e. The van der Waals surface area contributed by atoms with Gasteiger partial charge in [0.15, 0.2) is 5.78 Å². The second-order valence-electron chi connectivity index (χ2n) is 6.70. The molecule has 7 nitrogen and oxygen atoms in total. The molecule has 0 spiro atoms. The summed E-state index contributed by atoms with van der Waals surface area (Å²) in [6, 6.07) is 15.0. The Balaban J connectivity index is 1.69. The molecule has 0 atom stereocenters. The molecule has 1 aliphatic carbocycles. The van der Waals surface area contributed by atoms with Gasteiger partial charge in [0.25, 0.3) is 0 Å². The maximum Gasteiger partial charge on any atom is 0.229 e. The zero-order valence-electron chi connectivity index (χ0n) is 16.4. The number of ketones is 1. The van der Waals surface area contributed by atoms with Crippen molar-refractivity contribution in [3.8, 4) is 11.5 Å². The van der Waals surface area contributed by atoms with Crippen LogP contribution in [-0.4, -0.2) is 30.0 Å². The maximum atomic E-state index is 12.6. The molecule has 0 saturated heterocycles. The van der Waals surface area contributed by atoms with Gasteiger partial charge >= 0.3 is 0 Å². The van der Waals surface area contributed by atoms with Crippen molar-refractivity contribution in [1.29, 1.82) is 0 Å². The third kappa shape index (κ3) is 4.13. The number of benzene rings is 2. The van der Waals surface area contributed by atoms with Crippen LogP contribution in [0.25, 0.3) is 0 Å². The van der Waals surface area contributed by atoms with Gasteiger partial charge in [-0.05, 0) is 49.2 Å². The first-order chi connectivity index (χ1) is 14.2. The van der Waals surface area contributed by atoms with E-state index in [0.29, 0.717) is 23.8 Å². The Kier molecular flexibility index (Phi) is 5.29. The average molecular weight is 390 g/mol. The highest BCUT2D eigenvalue weighted by Gasteiger charge is 2.24. The van der Waals surface area contributed by atoms with Gasteiger partial charge in [0.1, 0.15) is 17.3 Å². The van der Waals surface area contributed by atoms with Gasteiger partial charge in [0.2, 0.25) is 5.95 Å². The maximum absolute atomic E-state index is 12.6. The van der Waals surface area contributed by atoms with Gasteiger partial charge < -0.3 is 20.1 Å². The van der Waals surface area contributed by atoms with Crippen molar-refractivity contribution in [3.63, 3.8) is 0 Å². The Morgan fingerprint density at radius 2 is 1.66 bits per heavy atom. The largest absolute Gasteiger partial charge is 0.497 e. The number of anilines is 4. The number of fused-ring (bicyclic) bond motifs is 1. The predicted octanol–water partition coefficient (Wildman–Crippen LogP) is 4.50. The lowest BCUT2D eigenvalue weighted by molar-refractivity contribution is 0.0972. The number of aromatic nitrogens is 2. The van der Waals surface area contributed by atoms with E-state index in [2.05, 4.69) is 20.6 Å². The second-order valence-corrected chi connectivity index (χ2v) is 6.70. The highest BCUT2D eigenvalue weighted by atomic mass is 16.5. The van der Waals surface area contributed by atoms with Crippen LogP contribution in [0.1, 0.15) is 28.9 Å². The summed E-state index contributed by atoms with van der Waals surface area (Å²) in [5.41, 5.74) is 2.96. The summed E-state index contributed by atoms with van der Waals surface area (Å²) in [6.45, 7) is 0. The van der Waals surface area contributed by atoms with Crippen LogP contribution < -0.4 is 20.1 Å². The molecule has 1 heterocycles. The fourth-order valence-electron chi connectivity index (χ4n) is 3.31. The highest BCUT2D eigenvalue weighted by molar-refractivity contribution is 6.03. The second kappa shape index (κ2) is 8.18. The zero-order chi connectivity index (χ0) is 20.2. The topological polar surface area (TPSA) is 85.4 Å². The van der Waals surface area contributed by atoms with Crippen molar-refractivity contribution in [2.24, 2.45) is 0 Å². The van der Waals surface area contributed by atoms with Crippen LogP contribution in [0.4, 0.5) is 23.1 Å². The van der Waals surface area contributed by atoms with Crippen molar-refractivity contribution in [1.82, 2.24) is 9.97 Å². The molecule has 0 saturated carbocycles. The summed E-state index contributed by atoms with van der Waals surface area (Å²) in [4.78, 5) is 21.8. The van der Waals surface area contributed by atoms with Crippen molar-refractivity contribution in [2.45, 2.75) is 19.3 Å². The van der Waals surface area contributed by atoms with Gasteiger partial charge in [0.05, 0.1) is 25.5 Å². The average Bonchev–Trinajstić information content (AvgIpc) is 2.74. The van der Waals surface area contributed by atoms with E-state index in [-0.39, 0.29) is 5.78 Å². The number of Topliss-reactive ketones (excluding diaryl/α,β-unsaturated/α-hetero) is 1. The molecule has 1 aliphatic rings. The fourth-order valence-corrected chi connectivity index (χ4v) is 3.31. The molecule has 0 fully saturated rings. The predicted molar refractivity (Wildman–Crippen MR) is 112 cm³/mol. The first kappa shape index (κ1) is 18.7. The van der Waals surface area contributed by atoms with E-state index >= 15 is 0 Å². The molecule has 0 aliphatic heterocycles. The first-order valence-electron chi connectivity index (χ1n) is 9.42. The van der Waals surface area contributed by atoms with Gasteiger partial charge in [-0.3, -0.25) is 4.79 Å². The van der Waals surface area contributed by atoms with E-state index in [0.717, 1.165) is 41.4 Å². The van der Waals surface area contributed by atoms with Crippen LogP contribution in [-0.2, 0) is 6.42 Å². The van der Waals surface area contributed by atoms with Crippen molar-refractivity contribution in [2.75, 3.05) is 24.9 Å². The lowest BCUT2D eigenvalue weighted by atomic mass is 9.95. The lowest BCUT2D eigenvalue weighted by Gasteiger charge is -2.19. The molecule has 29 heavy (non-hydrogen) atoms. The SMILES string of the molecule is COc1ccc(Nc2nc(Nc3cccc(OC)c3)nc3c2C(=O)CCC3)cc1. The van der Waals surface area contributed by atoms with Gasteiger partial charge in [-0.2, -0.15) is 4.98 Å². The van der Waals surface area contributed by atoms with Crippen molar-refractivity contribution < 1.29 is 14.3 Å². The van der Waals surface area contributed by atoms with Crippen LogP contribution >= 0.6 is 0 Å². The Morgan fingerprint density at radius 1 is 0.862 bits per heavy atom.